The Kier molecular flexibility index (Phi) is 4.67. The Morgan fingerprint density at radius 2 is 2.12 bits per heavy atom. The fourth-order valence-corrected chi connectivity index (χ4v) is 1.36. The molecular weight excluding hydrogens is 209 g/mol. The van der Waals surface area contributed by atoms with E-state index in [2.05, 4.69) is 5.43 Å². The van der Waals surface area contributed by atoms with Crippen molar-refractivity contribution in [3.05, 3.63) is 29.6 Å². The maximum atomic E-state index is 13.1. The molecule has 0 amide bonds. The van der Waals surface area contributed by atoms with Gasteiger partial charge in [-0.2, -0.15) is 0 Å². The number of anilines is 1. The number of nitrogen functional groups attached to an aromatic ring is 1. The Balaban J connectivity index is 2.81. The molecule has 0 aliphatic heterocycles. The third kappa shape index (κ3) is 3.44. The number of benzene rings is 1. The largest absolute Gasteiger partial charge is 0.398 e. The fraction of sp³-hybridized carbons (Fsp3) is 0.455. The topological polar surface area (TPSA) is 73.3 Å². The highest BCUT2D eigenvalue weighted by molar-refractivity contribution is 5.48. The molecule has 90 valence electrons. The molecule has 0 heterocycles. The van der Waals surface area contributed by atoms with Crippen LogP contribution in [0.5, 0.6) is 0 Å². The second kappa shape index (κ2) is 5.79. The van der Waals surface area contributed by atoms with Crippen LogP contribution in [-0.2, 0) is 4.74 Å². The van der Waals surface area contributed by atoms with Crippen LogP contribution in [0.3, 0.4) is 0 Å². The molecule has 0 aliphatic rings. The van der Waals surface area contributed by atoms with Crippen LogP contribution in [0.25, 0.3) is 0 Å². The number of ether oxygens (including phenoxy) is 1. The molecule has 0 aliphatic carbocycles. The van der Waals surface area contributed by atoms with Crippen molar-refractivity contribution in [3.63, 3.8) is 0 Å². The molecule has 0 saturated heterocycles. The maximum absolute atomic E-state index is 13.1. The van der Waals surface area contributed by atoms with E-state index in [9.17, 15) is 4.39 Å². The maximum Gasteiger partial charge on any atom is 0.123 e. The summed E-state index contributed by atoms with van der Waals surface area (Å²) in [6.45, 7) is 4.19. The van der Waals surface area contributed by atoms with Crippen molar-refractivity contribution in [2.75, 3.05) is 12.3 Å². The van der Waals surface area contributed by atoms with Crippen LogP contribution in [0, 0.1) is 5.82 Å². The minimum absolute atomic E-state index is 0.0885. The monoisotopic (exact) mass is 227 g/mol. The van der Waals surface area contributed by atoms with Gasteiger partial charge < -0.3 is 10.5 Å². The van der Waals surface area contributed by atoms with Crippen LogP contribution in [0.4, 0.5) is 10.1 Å². The van der Waals surface area contributed by atoms with Gasteiger partial charge in [0.2, 0.25) is 0 Å². The Hall–Kier alpha value is -1.17. The lowest BCUT2D eigenvalue weighted by molar-refractivity contribution is 0.0612. The van der Waals surface area contributed by atoms with Gasteiger partial charge in [-0.3, -0.25) is 11.3 Å². The smallest absolute Gasteiger partial charge is 0.123 e. The number of nitrogens with two attached hydrogens (primary N) is 2. The van der Waals surface area contributed by atoms with E-state index >= 15 is 0 Å². The van der Waals surface area contributed by atoms with Crippen LogP contribution < -0.4 is 17.0 Å². The quantitative estimate of drug-likeness (QED) is 0.403. The van der Waals surface area contributed by atoms with E-state index in [0.717, 1.165) is 0 Å². The van der Waals surface area contributed by atoms with Crippen molar-refractivity contribution in [3.8, 4) is 0 Å². The third-order valence-electron chi connectivity index (χ3n) is 2.22. The summed E-state index contributed by atoms with van der Waals surface area (Å²) in [6.07, 6.45) is 0.0885. The molecule has 1 aromatic carbocycles. The van der Waals surface area contributed by atoms with Crippen LogP contribution in [0.15, 0.2) is 18.2 Å². The first-order valence-electron chi connectivity index (χ1n) is 5.17. The van der Waals surface area contributed by atoms with E-state index in [1.54, 1.807) is 0 Å². The number of halogens is 1. The number of nitrogens with one attached hydrogen (secondary N) is 1. The van der Waals surface area contributed by atoms with E-state index in [4.69, 9.17) is 16.3 Å². The van der Waals surface area contributed by atoms with Crippen molar-refractivity contribution >= 4 is 5.69 Å². The predicted octanol–water partition coefficient (Wildman–Crippen LogP) is 1.34. The van der Waals surface area contributed by atoms with Crippen LogP contribution in [0.2, 0.25) is 0 Å². The SMILES string of the molecule is CC(C)OCC(NN)c1cc(F)ccc1N. The molecule has 0 fully saturated rings. The van der Waals surface area contributed by atoms with E-state index in [1.807, 2.05) is 13.8 Å². The van der Waals surface area contributed by atoms with Gasteiger partial charge >= 0.3 is 0 Å². The second-order valence-electron chi connectivity index (χ2n) is 3.87. The molecule has 0 aromatic heterocycles. The lowest BCUT2D eigenvalue weighted by atomic mass is 10.1. The molecule has 0 bridgehead atoms. The third-order valence-corrected chi connectivity index (χ3v) is 2.22. The number of hydrazine groups is 1. The van der Waals surface area contributed by atoms with Crippen LogP contribution in [-0.4, -0.2) is 12.7 Å². The molecule has 16 heavy (non-hydrogen) atoms. The first-order valence-corrected chi connectivity index (χ1v) is 5.17. The van der Waals surface area contributed by atoms with Crippen molar-refractivity contribution in [1.29, 1.82) is 0 Å². The molecule has 4 nitrogen and oxygen atoms in total. The van der Waals surface area contributed by atoms with Crippen LogP contribution >= 0.6 is 0 Å². The molecule has 1 aromatic rings. The zero-order chi connectivity index (χ0) is 12.1. The van der Waals surface area contributed by atoms with Gasteiger partial charge in [0.25, 0.3) is 0 Å². The van der Waals surface area contributed by atoms with E-state index < -0.39 is 0 Å². The lowest BCUT2D eigenvalue weighted by Gasteiger charge is -2.19. The molecular formula is C11H18FN3O. The van der Waals surface area contributed by atoms with E-state index in [1.165, 1.54) is 18.2 Å². The number of hydrogen-bond acceptors (Lipinski definition) is 4. The Morgan fingerprint density at radius 1 is 1.44 bits per heavy atom. The van der Waals surface area contributed by atoms with Crippen molar-refractivity contribution in [2.24, 2.45) is 5.84 Å². The fourth-order valence-electron chi connectivity index (χ4n) is 1.36. The summed E-state index contributed by atoms with van der Waals surface area (Å²) in [7, 11) is 0. The minimum Gasteiger partial charge on any atom is -0.398 e. The van der Waals surface area contributed by atoms with Gasteiger partial charge in [0.1, 0.15) is 5.82 Å². The minimum atomic E-state index is -0.339. The van der Waals surface area contributed by atoms with Gasteiger partial charge in [-0.15, -0.1) is 0 Å². The standard InChI is InChI=1S/C11H18FN3O/c1-7(2)16-6-11(15-14)9-5-8(12)3-4-10(9)13/h3-5,7,11,15H,6,13-14H2,1-2H3. The molecule has 0 saturated carbocycles. The predicted molar refractivity (Wildman–Crippen MR) is 62.0 cm³/mol. The molecule has 5 heteroatoms. The molecule has 5 N–H and O–H groups in total. The van der Waals surface area contributed by atoms with Gasteiger partial charge in [-0.1, -0.05) is 0 Å². The zero-order valence-corrected chi connectivity index (χ0v) is 9.53. The summed E-state index contributed by atoms with van der Waals surface area (Å²) in [5.41, 5.74) is 9.44. The summed E-state index contributed by atoms with van der Waals surface area (Å²) in [6, 6.07) is 3.89. The Bertz CT molecular complexity index is 344. The molecule has 1 unspecified atom stereocenters. The first kappa shape index (κ1) is 12.9. The average Bonchev–Trinajstić information content (AvgIpc) is 2.23. The Labute approximate surface area is 94.7 Å². The molecule has 1 atom stereocenters. The van der Waals surface area contributed by atoms with E-state index in [0.29, 0.717) is 17.9 Å². The summed E-state index contributed by atoms with van der Waals surface area (Å²) < 4.78 is 18.5. The van der Waals surface area contributed by atoms with Crippen molar-refractivity contribution < 1.29 is 9.13 Å². The van der Waals surface area contributed by atoms with Gasteiger partial charge in [0.05, 0.1) is 18.8 Å². The summed E-state index contributed by atoms with van der Waals surface area (Å²) >= 11 is 0. The lowest BCUT2D eigenvalue weighted by Crippen LogP contribution is -2.32. The molecule has 0 spiro atoms. The Morgan fingerprint density at radius 3 is 2.69 bits per heavy atom. The van der Waals surface area contributed by atoms with Crippen molar-refractivity contribution in [1.82, 2.24) is 5.43 Å². The van der Waals surface area contributed by atoms with Crippen LogP contribution in [0.1, 0.15) is 25.5 Å². The highest BCUT2D eigenvalue weighted by Crippen LogP contribution is 2.21. The number of rotatable bonds is 5. The van der Waals surface area contributed by atoms with Gasteiger partial charge in [-0.25, -0.2) is 4.39 Å². The summed E-state index contributed by atoms with van der Waals surface area (Å²) in [5, 5.41) is 0. The highest BCUT2D eigenvalue weighted by Gasteiger charge is 2.14. The normalized spacial score (nSPS) is 13.1. The number of hydrogen-bond donors (Lipinski definition) is 3. The summed E-state index contributed by atoms with van der Waals surface area (Å²) in [5.74, 6) is 5.06. The highest BCUT2D eigenvalue weighted by atomic mass is 19.1. The van der Waals surface area contributed by atoms with E-state index in [-0.39, 0.29) is 18.0 Å². The first-order chi connectivity index (χ1) is 7.54. The summed E-state index contributed by atoms with van der Waals surface area (Å²) in [4.78, 5) is 0. The zero-order valence-electron chi connectivity index (χ0n) is 9.53. The van der Waals surface area contributed by atoms with Gasteiger partial charge in [0.15, 0.2) is 0 Å². The van der Waals surface area contributed by atoms with Crippen molar-refractivity contribution in [2.45, 2.75) is 26.0 Å². The average molecular weight is 227 g/mol. The molecule has 0 radical (unpaired) electrons. The molecule has 1 rings (SSSR count). The van der Waals surface area contributed by atoms with Gasteiger partial charge in [-0.05, 0) is 37.6 Å². The second-order valence-corrected chi connectivity index (χ2v) is 3.87. The van der Waals surface area contributed by atoms with Gasteiger partial charge in [0, 0.05) is 5.69 Å².